The Hall–Kier alpha value is -2.63. The number of benzene rings is 1. The molecule has 1 heterocycles. The highest BCUT2D eigenvalue weighted by molar-refractivity contribution is 5.86. The number of carboxylic acid groups (broad SMARTS) is 1. The Morgan fingerprint density at radius 1 is 1.32 bits per heavy atom. The fourth-order valence-electron chi connectivity index (χ4n) is 2.55. The molecule has 2 rings (SSSR count). The van der Waals surface area contributed by atoms with Crippen molar-refractivity contribution in [3.8, 4) is 0 Å². The number of carbonyl (C=O) groups is 2. The molecule has 0 aliphatic rings. The number of rotatable bonds is 4. The molecule has 0 aliphatic heterocycles. The van der Waals surface area contributed by atoms with Gasteiger partial charge in [-0.05, 0) is 37.1 Å². The van der Waals surface area contributed by atoms with Crippen molar-refractivity contribution in [3.63, 3.8) is 0 Å². The van der Waals surface area contributed by atoms with Gasteiger partial charge in [-0.1, -0.05) is 6.07 Å². The summed E-state index contributed by atoms with van der Waals surface area (Å²) >= 11 is 0. The van der Waals surface area contributed by atoms with Crippen LogP contribution < -0.4 is 10.9 Å². The third kappa shape index (κ3) is 3.16. The van der Waals surface area contributed by atoms with Crippen molar-refractivity contribution in [2.45, 2.75) is 32.7 Å². The zero-order valence-corrected chi connectivity index (χ0v) is 12.7. The molecule has 6 nitrogen and oxygen atoms in total. The Kier molecular flexibility index (Phi) is 4.03. The number of aliphatic carboxylic acids is 1. The summed E-state index contributed by atoms with van der Waals surface area (Å²) in [5.41, 5.74) is 0.727. The summed E-state index contributed by atoms with van der Waals surface area (Å²) in [6.07, 6.45) is 0.149. The molecular formula is C16H18N2O4. The van der Waals surface area contributed by atoms with Gasteiger partial charge in [-0.2, -0.15) is 0 Å². The van der Waals surface area contributed by atoms with Crippen molar-refractivity contribution in [2.24, 2.45) is 0 Å². The molecule has 0 fully saturated rings. The first-order valence-electron chi connectivity index (χ1n) is 6.86. The molecule has 2 aromatic rings. The van der Waals surface area contributed by atoms with Crippen molar-refractivity contribution in [3.05, 3.63) is 45.7 Å². The van der Waals surface area contributed by atoms with Crippen LogP contribution in [0.5, 0.6) is 0 Å². The predicted molar refractivity (Wildman–Crippen MR) is 82.9 cm³/mol. The molecule has 116 valence electrons. The number of aromatic amines is 1. The highest BCUT2D eigenvalue weighted by Crippen LogP contribution is 2.20. The van der Waals surface area contributed by atoms with E-state index in [4.69, 9.17) is 0 Å². The second kappa shape index (κ2) is 5.63. The van der Waals surface area contributed by atoms with Crippen LogP contribution >= 0.6 is 0 Å². The number of amides is 1. The quantitative estimate of drug-likeness (QED) is 0.794. The molecule has 0 bridgehead atoms. The maximum atomic E-state index is 11.5. The van der Waals surface area contributed by atoms with E-state index in [9.17, 15) is 19.5 Å². The topological polar surface area (TPSA) is 99.3 Å². The molecule has 0 spiro atoms. The second-order valence-corrected chi connectivity index (χ2v) is 5.69. The summed E-state index contributed by atoms with van der Waals surface area (Å²) in [5, 5.41) is 12.7. The van der Waals surface area contributed by atoms with Gasteiger partial charge in [-0.25, -0.2) is 4.79 Å². The highest BCUT2D eigenvalue weighted by Gasteiger charge is 2.34. The van der Waals surface area contributed by atoms with E-state index < -0.39 is 17.4 Å². The van der Waals surface area contributed by atoms with Crippen molar-refractivity contribution >= 4 is 22.8 Å². The van der Waals surface area contributed by atoms with Gasteiger partial charge in [0.05, 0.1) is 0 Å². The lowest BCUT2D eigenvalue weighted by Gasteiger charge is -2.25. The molecule has 6 heteroatoms. The number of hydrogen-bond acceptors (Lipinski definition) is 3. The lowest BCUT2D eigenvalue weighted by Crippen LogP contribution is -2.53. The third-order valence-corrected chi connectivity index (χ3v) is 3.60. The molecule has 1 aromatic carbocycles. The SMILES string of the molecule is CC(=O)N[C@@](C)(Cc1ccc2[nH]c(=O)cc(C)c2c1)C(=O)O. The lowest BCUT2D eigenvalue weighted by atomic mass is 9.91. The van der Waals surface area contributed by atoms with Crippen LogP contribution in [0.15, 0.2) is 29.1 Å². The lowest BCUT2D eigenvalue weighted by molar-refractivity contribution is -0.146. The van der Waals surface area contributed by atoms with Gasteiger partial charge in [-0.15, -0.1) is 0 Å². The minimum absolute atomic E-state index is 0.149. The molecular weight excluding hydrogens is 284 g/mol. The first-order chi connectivity index (χ1) is 10.2. The number of nitrogens with one attached hydrogen (secondary N) is 2. The zero-order valence-electron chi connectivity index (χ0n) is 12.7. The monoisotopic (exact) mass is 302 g/mol. The first kappa shape index (κ1) is 15.8. The first-order valence-corrected chi connectivity index (χ1v) is 6.86. The number of carbonyl (C=O) groups excluding carboxylic acids is 1. The molecule has 1 amide bonds. The Morgan fingerprint density at radius 3 is 2.59 bits per heavy atom. The average Bonchev–Trinajstić information content (AvgIpc) is 2.38. The summed E-state index contributed by atoms with van der Waals surface area (Å²) in [5.74, 6) is -1.49. The van der Waals surface area contributed by atoms with E-state index in [-0.39, 0.29) is 12.0 Å². The molecule has 0 unspecified atom stereocenters. The average molecular weight is 302 g/mol. The Balaban J connectivity index is 2.44. The van der Waals surface area contributed by atoms with Crippen molar-refractivity contribution in [1.82, 2.24) is 10.3 Å². The van der Waals surface area contributed by atoms with Gasteiger partial charge < -0.3 is 15.4 Å². The number of aromatic nitrogens is 1. The molecule has 22 heavy (non-hydrogen) atoms. The number of pyridine rings is 1. The number of H-pyrrole nitrogens is 1. The molecule has 1 atom stereocenters. The van der Waals surface area contributed by atoms with Gasteiger partial charge >= 0.3 is 5.97 Å². The van der Waals surface area contributed by atoms with E-state index in [0.29, 0.717) is 5.52 Å². The van der Waals surface area contributed by atoms with E-state index >= 15 is 0 Å². The summed E-state index contributed by atoms with van der Waals surface area (Å²) in [4.78, 5) is 36.9. The molecule has 0 aliphatic carbocycles. The fraction of sp³-hybridized carbons (Fsp3) is 0.312. The Bertz CT molecular complexity index is 809. The van der Waals surface area contributed by atoms with E-state index in [1.165, 1.54) is 19.9 Å². The van der Waals surface area contributed by atoms with E-state index in [0.717, 1.165) is 16.5 Å². The van der Waals surface area contributed by atoms with Crippen LogP contribution in [0.2, 0.25) is 0 Å². The van der Waals surface area contributed by atoms with E-state index in [2.05, 4.69) is 10.3 Å². The Morgan fingerprint density at radius 2 is 2.00 bits per heavy atom. The van der Waals surface area contributed by atoms with Crippen LogP contribution in [0.3, 0.4) is 0 Å². The molecule has 0 radical (unpaired) electrons. The van der Waals surface area contributed by atoms with Crippen LogP contribution in [-0.4, -0.2) is 27.5 Å². The molecule has 1 aromatic heterocycles. The highest BCUT2D eigenvalue weighted by atomic mass is 16.4. The summed E-state index contributed by atoms with van der Waals surface area (Å²) in [6, 6.07) is 6.83. The van der Waals surface area contributed by atoms with Crippen LogP contribution in [0.1, 0.15) is 25.0 Å². The standard InChI is InChI=1S/C16H18N2O4/c1-9-6-14(20)17-13-5-4-11(7-12(9)13)8-16(3,15(21)22)18-10(2)19/h4-7H,8H2,1-3H3,(H,17,20)(H,18,19)(H,21,22)/t16-/m0/s1. The minimum atomic E-state index is -1.38. The smallest absolute Gasteiger partial charge is 0.329 e. The maximum Gasteiger partial charge on any atom is 0.329 e. The fourth-order valence-corrected chi connectivity index (χ4v) is 2.55. The maximum absolute atomic E-state index is 11.5. The number of carboxylic acids is 1. The largest absolute Gasteiger partial charge is 0.480 e. The van der Waals surface area contributed by atoms with Crippen LogP contribution in [0.4, 0.5) is 0 Å². The minimum Gasteiger partial charge on any atom is -0.480 e. The van der Waals surface area contributed by atoms with Crippen LogP contribution in [0.25, 0.3) is 10.9 Å². The third-order valence-electron chi connectivity index (χ3n) is 3.60. The summed E-state index contributed by atoms with van der Waals surface area (Å²) < 4.78 is 0. The zero-order chi connectivity index (χ0) is 16.5. The summed E-state index contributed by atoms with van der Waals surface area (Å²) in [6.45, 7) is 4.59. The van der Waals surface area contributed by atoms with Crippen molar-refractivity contribution in [1.29, 1.82) is 0 Å². The number of hydrogen-bond donors (Lipinski definition) is 3. The van der Waals surface area contributed by atoms with Gasteiger partial charge in [-0.3, -0.25) is 9.59 Å². The number of fused-ring (bicyclic) bond motifs is 1. The molecule has 3 N–H and O–H groups in total. The normalized spacial score (nSPS) is 13.6. The second-order valence-electron chi connectivity index (χ2n) is 5.69. The van der Waals surface area contributed by atoms with E-state index in [1.807, 2.05) is 13.0 Å². The van der Waals surface area contributed by atoms with Gasteiger partial charge in [0.1, 0.15) is 5.54 Å². The molecule has 0 saturated heterocycles. The molecule has 0 saturated carbocycles. The van der Waals surface area contributed by atoms with Crippen LogP contribution in [-0.2, 0) is 16.0 Å². The van der Waals surface area contributed by atoms with Gasteiger partial charge in [0.2, 0.25) is 11.5 Å². The predicted octanol–water partition coefficient (Wildman–Crippen LogP) is 1.36. The van der Waals surface area contributed by atoms with Crippen LogP contribution in [0, 0.1) is 6.92 Å². The van der Waals surface area contributed by atoms with Gasteiger partial charge in [0.25, 0.3) is 0 Å². The van der Waals surface area contributed by atoms with Crippen molar-refractivity contribution in [2.75, 3.05) is 0 Å². The summed E-state index contributed by atoms with van der Waals surface area (Å²) in [7, 11) is 0. The number of aryl methyl sites for hydroxylation is 1. The van der Waals surface area contributed by atoms with Gasteiger partial charge in [0, 0.05) is 30.3 Å². The van der Waals surface area contributed by atoms with Crippen molar-refractivity contribution < 1.29 is 14.7 Å². The van der Waals surface area contributed by atoms with E-state index in [1.54, 1.807) is 12.1 Å². The van der Waals surface area contributed by atoms with Gasteiger partial charge in [0.15, 0.2) is 0 Å². The Labute approximate surface area is 127 Å².